The largest absolute Gasteiger partial charge is 0.309 e. The number of hydrogen-bond acceptors (Lipinski definition) is 2. The Kier molecular flexibility index (Phi) is 2.56. The van der Waals surface area contributed by atoms with Gasteiger partial charge in [0, 0.05) is 0 Å². The molecule has 0 aromatic carbocycles. The van der Waals surface area contributed by atoms with Crippen molar-refractivity contribution in [1.82, 2.24) is 9.97 Å². The fourth-order valence-electron chi connectivity index (χ4n) is 0.434. The first-order chi connectivity index (χ1) is 4.74. The molecule has 0 spiro atoms. The van der Waals surface area contributed by atoms with E-state index in [-0.39, 0.29) is 5.88 Å². The van der Waals surface area contributed by atoms with Gasteiger partial charge >= 0.3 is 6.08 Å². The van der Waals surface area contributed by atoms with Gasteiger partial charge in [-0.15, -0.1) is 11.6 Å². The molecular weight excluding hydrogens is 222 g/mol. The van der Waals surface area contributed by atoms with Gasteiger partial charge in [-0.25, -0.2) is 4.98 Å². The van der Waals surface area contributed by atoms with Crippen LogP contribution in [0.4, 0.5) is 4.39 Å². The van der Waals surface area contributed by atoms with Crippen molar-refractivity contribution in [2.24, 2.45) is 0 Å². The van der Waals surface area contributed by atoms with Gasteiger partial charge in [0.05, 0.1) is 16.0 Å². The van der Waals surface area contributed by atoms with Crippen LogP contribution in [0.1, 0.15) is 5.69 Å². The van der Waals surface area contributed by atoms with Crippen LogP contribution in [0.25, 0.3) is 0 Å². The highest BCUT2D eigenvalue weighted by atomic mass is 79.9. The molecule has 0 aliphatic rings. The van der Waals surface area contributed by atoms with Crippen LogP contribution in [0, 0.1) is 12.3 Å². The highest BCUT2D eigenvalue weighted by molar-refractivity contribution is 9.10. The van der Waals surface area contributed by atoms with Gasteiger partial charge in [-0.1, -0.05) is 0 Å². The van der Waals surface area contributed by atoms with Crippen molar-refractivity contribution >= 4 is 27.5 Å². The first-order valence-electron chi connectivity index (χ1n) is 2.39. The van der Waals surface area contributed by atoms with Gasteiger partial charge in [-0.05, 0) is 15.9 Å². The standard InChI is InChI=1S/C5H2BrClFN2/c6-3-2-9-5(8)10-4(3)1-7/h1H2. The summed E-state index contributed by atoms with van der Waals surface area (Å²) in [5, 5.41) is 0. The maximum Gasteiger partial charge on any atom is 0.309 e. The number of alkyl halides is 1. The zero-order valence-corrected chi connectivity index (χ0v) is 7.08. The lowest BCUT2D eigenvalue weighted by Gasteiger charge is -1.94. The molecular formula is C5H2BrClFN2. The minimum absolute atomic E-state index is 0.149. The summed E-state index contributed by atoms with van der Waals surface area (Å²) in [6, 6.07) is 0. The minimum Gasteiger partial charge on any atom is -0.205 e. The van der Waals surface area contributed by atoms with E-state index in [4.69, 9.17) is 11.6 Å². The van der Waals surface area contributed by atoms with Crippen LogP contribution in [0.15, 0.2) is 4.47 Å². The third kappa shape index (κ3) is 1.64. The zero-order chi connectivity index (χ0) is 7.56. The molecule has 0 saturated carbocycles. The molecule has 0 amide bonds. The third-order valence-corrected chi connectivity index (χ3v) is 1.74. The summed E-state index contributed by atoms with van der Waals surface area (Å²) >= 11 is 8.46. The lowest BCUT2D eigenvalue weighted by atomic mass is 10.5. The summed E-state index contributed by atoms with van der Waals surface area (Å²) in [4.78, 5) is 6.58. The van der Waals surface area contributed by atoms with Crippen LogP contribution in [0.3, 0.4) is 0 Å². The molecule has 2 nitrogen and oxygen atoms in total. The smallest absolute Gasteiger partial charge is 0.205 e. The molecule has 0 unspecified atom stereocenters. The molecule has 1 heterocycles. The molecule has 1 radical (unpaired) electrons. The molecule has 0 bridgehead atoms. The van der Waals surface area contributed by atoms with E-state index in [0.717, 1.165) is 0 Å². The first-order valence-corrected chi connectivity index (χ1v) is 3.72. The molecule has 0 atom stereocenters. The maximum absolute atomic E-state index is 12.2. The van der Waals surface area contributed by atoms with Crippen molar-refractivity contribution < 1.29 is 4.39 Å². The van der Waals surface area contributed by atoms with Gasteiger partial charge in [0.2, 0.25) is 0 Å². The second kappa shape index (κ2) is 3.25. The Morgan fingerprint density at radius 1 is 1.70 bits per heavy atom. The fourth-order valence-corrected chi connectivity index (χ4v) is 1.11. The number of aromatic nitrogens is 2. The SMILES string of the molecule is Fc1n[c]c(Br)c(CCl)n1. The second-order valence-corrected chi connectivity index (χ2v) is 2.56. The van der Waals surface area contributed by atoms with Crippen molar-refractivity contribution in [3.8, 4) is 0 Å². The normalized spacial score (nSPS) is 9.90. The number of nitrogens with zero attached hydrogens (tertiary/aromatic N) is 2. The lowest BCUT2D eigenvalue weighted by molar-refractivity contribution is 0.532. The monoisotopic (exact) mass is 223 g/mol. The molecule has 0 aliphatic carbocycles. The summed E-state index contributed by atoms with van der Waals surface area (Å²) < 4.78 is 12.7. The Morgan fingerprint density at radius 3 is 2.90 bits per heavy atom. The quantitative estimate of drug-likeness (QED) is 0.538. The van der Waals surface area contributed by atoms with E-state index in [2.05, 4.69) is 32.1 Å². The van der Waals surface area contributed by atoms with Crippen LogP contribution in [-0.2, 0) is 5.88 Å². The molecule has 0 aliphatic heterocycles. The minimum atomic E-state index is -0.807. The van der Waals surface area contributed by atoms with Gasteiger partial charge in [-0.2, -0.15) is 9.37 Å². The Morgan fingerprint density at radius 2 is 2.40 bits per heavy atom. The summed E-state index contributed by atoms with van der Waals surface area (Å²) in [6.45, 7) is 0. The summed E-state index contributed by atoms with van der Waals surface area (Å²) in [5.41, 5.74) is 0.411. The fraction of sp³-hybridized carbons (Fsp3) is 0.200. The Balaban J connectivity index is 3.09. The topological polar surface area (TPSA) is 25.8 Å². The zero-order valence-electron chi connectivity index (χ0n) is 4.74. The van der Waals surface area contributed by atoms with Crippen LogP contribution in [-0.4, -0.2) is 9.97 Å². The number of rotatable bonds is 1. The second-order valence-electron chi connectivity index (χ2n) is 1.50. The summed E-state index contributed by atoms with van der Waals surface area (Å²) in [6.07, 6.45) is 1.56. The molecule has 1 aromatic heterocycles. The van der Waals surface area contributed by atoms with Crippen molar-refractivity contribution in [3.05, 3.63) is 22.4 Å². The summed E-state index contributed by atoms with van der Waals surface area (Å²) in [5.74, 6) is 0.149. The first kappa shape index (κ1) is 7.88. The van der Waals surface area contributed by atoms with Gasteiger partial charge in [0.1, 0.15) is 6.20 Å². The highest BCUT2D eigenvalue weighted by Crippen LogP contribution is 2.13. The molecule has 1 aromatic rings. The lowest BCUT2D eigenvalue weighted by Crippen LogP contribution is -1.94. The summed E-state index contributed by atoms with van der Waals surface area (Å²) in [7, 11) is 0. The maximum atomic E-state index is 12.2. The van der Waals surface area contributed by atoms with E-state index in [1.54, 1.807) is 0 Å². The molecule has 1 rings (SSSR count). The van der Waals surface area contributed by atoms with E-state index in [1.165, 1.54) is 0 Å². The Bertz CT molecular complexity index is 243. The van der Waals surface area contributed by atoms with Crippen molar-refractivity contribution in [1.29, 1.82) is 0 Å². The number of halogens is 3. The van der Waals surface area contributed by atoms with Gasteiger partial charge in [0.15, 0.2) is 0 Å². The van der Waals surface area contributed by atoms with E-state index >= 15 is 0 Å². The van der Waals surface area contributed by atoms with Crippen LogP contribution < -0.4 is 0 Å². The van der Waals surface area contributed by atoms with E-state index in [9.17, 15) is 4.39 Å². The van der Waals surface area contributed by atoms with Crippen molar-refractivity contribution in [3.63, 3.8) is 0 Å². The van der Waals surface area contributed by atoms with Gasteiger partial charge in [-0.3, -0.25) is 0 Å². The predicted molar refractivity (Wildman–Crippen MR) is 38.1 cm³/mol. The van der Waals surface area contributed by atoms with Crippen molar-refractivity contribution in [2.75, 3.05) is 0 Å². The Hall–Kier alpha value is -0.220. The molecule has 5 heteroatoms. The van der Waals surface area contributed by atoms with Crippen LogP contribution in [0.2, 0.25) is 0 Å². The molecule has 10 heavy (non-hydrogen) atoms. The average molecular weight is 224 g/mol. The molecule has 0 saturated heterocycles. The van der Waals surface area contributed by atoms with Crippen LogP contribution >= 0.6 is 27.5 Å². The Labute approximate surface area is 70.6 Å². The third-order valence-electron chi connectivity index (χ3n) is 0.853. The van der Waals surface area contributed by atoms with Gasteiger partial charge < -0.3 is 0 Å². The molecule has 0 N–H and O–H groups in total. The molecule has 53 valence electrons. The van der Waals surface area contributed by atoms with Crippen molar-refractivity contribution in [2.45, 2.75) is 5.88 Å². The highest BCUT2D eigenvalue weighted by Gasteiger charge is 2.02. The molecule has 0 fully saturated rings. The number of hydrogen-bond donors (Lipinski definition) is 0. The predicted octanol–water partition coefficient (Wildman–Crippen LogP) is 1.92. The average Bonchev–Trinajstić information content (AvgIpc) is 1.94. The van der Waals surface area contributed by atoms with E-state index in [0.29, 0.717) is 10.2 Å². The van der Waals surface area contributed by atoms with Crippen LogP contribution in [0.5, 0.6) is 0 Å². The van der Waals surface area contributed by atoms with Gasteiger partial charge in [0.25, 0.3) is 0 Å². The van der Waals surface area contributed by atoms with E-state index in [1.807, 2.05) is 0 Å². The van der Waals surface area contributed by atoms with E-state index < -0.39 is 6.08 Å².